The van der Waals surface area contributed by atoms with Crippen LogP contribution >= 0.6 is 11.6 Å². The summed E-state index contributed by atoms with van der Waals surface area (Å²) in [7, 11) is -1.49. The van der Waals surface area contributed by atoms with Crippen LogP contribution in [0.2, 0.25) is 5.02 Å². The van der Waals surface area contributed by atoms with E-state index in [2.05, 4.69) is 4.90 Å². The lowest BCUT2D eigenvalue weighted by Crippen LogP contribution is -2.58. The van der Waals surface area contributed by atoms with Crippen LogP contribution in [-0.4, -0.2) is 98.2 Å². The largest absolute Gasteiger partial charge is 0.481 e. The summed E-state index contributed by atoms with van der Waals surface area (Å²) in [6.45, 7) is 7.38. The monoisotopic (exact) mass is 444 g/mol. The molecular weight excluding hydrogens is 416 g/mol. The van der Waals surface area contributed by atoms with Crippen LogP contribution in [-0.2, 0) is 15.0 Å². The zero-order valence-electron chi connectivity index (χ0n) is 17.2. The van der Waals surface area contributed by atoms with Gasteiger partial charge in [0.05, 0.1) is 0 Å². The van der Waals surface area contributed by atoms with Gasteiger partial charge in [-0.3, -0.25) is 4.79 Å². The Kier molecular flexibility index (Phi) is 7.06. The minimum atomic E-state index is -3.48. The second-order valence-electron chi connectivity index (χ2n) is 7.60. The number of nitrogens with zero attached hydrogens (tertiary/aromatic N) is 4. The molecule has 0 saturated carbocycles. The number of piperazine rings is 2. The lowest BCUT2D eigenvalue weighted by atomic mass is 10.2. The Morgan fingerprint density at radius 2 is 1.59 bits per heavy atom. The summed E-state index contributed by atoms with van der Waals surface area (Å²) in [6.07, 6.45) is -0.657. The number of aryl methyl sites for hydroxylation is 1. The number of benzene rings is 1. The average Bonchev–Trinajstić information content (AvgIpc) is 2.70. The van der Waals surface area contributed by atoms with Crippen LogP contribution in [0.3, 0.4) is 0 Å². The molecule has 2 fully saturated rings. The van der Waals surface area contributed by atoms with E-state index < -0.39 is 16.3 Å². The van der Waals surface area contributed by atoms with E-state index in [1.54, 1.807) is 34.3 Å². The first kappa shape index (κ1) is 22.3. The van der Waals surface area contributed by atoms with E-state index in [4.69, 9.17) is 16.3 Å². The van der Waals surface area contributed by atoms with Crippen molar-refractivity contribution in [1.29, 1.82) is 0 Å². The minimum absolute atomic E-state index is 0.143. The van der Waals surface area contributed by atoms with Gasteiger partial charge in [0.15, 0.2) is 6.10 Å². The SMILES string of the molecule is Cc1cc(Cl)ccc1OC(C)C(=O)N1CCN(S(=O)(=O)N2CCN(C)CC2)CC1. The summed E-state index contributed by atoms with van der Waals surface area (Å²) >= 11 is 5.96. The van der Waals surface area contributed by atoms with Crippen molar-refractivity contribution < 1.29 is 17.9 Å². The molecule has 2 aliphatic rings. The van der Waals surface area contributed by atoms with Gasteiger partial charge in [-0.05, 0) is 44.7 Å². The average molecular weight is 445 g/mol. The fourth-order valence-corrected chi connectivity index (χ4v) is 5.37. The first-order valence-electron chi connectivity index (χ1n) is 9.84. The summed E-state index contributed by atoms with van der Waals surface area (Å²) < 4.78 is 34.6. The molecule has 1 unspecified atom stereocenters. The molecule has 0 radical (unpaired) electrons. The Balaban J connectivity index is 1.55. The maximum Gasteiger partial charge on any atom is 0.282 e. The van der Waals surface area contributed by atoms with Gasteiger partial charge in [0, 0.05) is 57.4 Å². The van der Waals surface area contributed by atoms with Gasteiger partial charge in [-0.1, -0.05) is 11.6 Å². The minimum Gasteiger partial charge on any atom is -0.481 e. The van der Waals surface area contributed by atoms with Crippen LogP contribution in [0.5, 0.6) is 5.75 Å². The van der Waals surface area contributed by atoms with Crippen molar-refractivity contribution >= 4 is 27.7 Å². The number of halogens is 1. The summed E-state index contributed by atoms with van der Waals surface area (Å²) in [5, 5.41) is 0.617. The molecule has 0 aliphatic carbocycles. The van der Waals surface area contributed by atoms with Crippen LogP contribution in [0, 0.1) is 6.92 Å². The van der Waals surface area contributed by atoms with Crippen molar-refractivity contribution in [1.82, 2.24) is 18.4 Å². The van der Waals surface area contributed by atoms with E-state index >= 15 is 0 Å². The third-order valence-corrected chi connectivity index (χ3v) is 7.72. The van der Waals surface area contributed by atoms with E-state index in [0.29, 0.717) is 50.0 Å². The van der Waals surface area contributed by atoms with Gasteiger partial charge >= 0.3 is 0 Å². The number of rotatable bonds is 5. The molecule has 0 bridgehead atoms. The van der Waals surface area contributed by atoms with E-state index in [1.807, 2.05) is 14.0 Å². The van der Waals surface area contributed by atoms with Crippen LogP contribution in [0.15, 0.2) is 18.2 Å². The first-order chi connectivity index (χ1) is 13.7. The maximum atomic E-state index is 12.9. The van der Waals surface area contributed by atoms with E-state index in [0.717, 1.165) is 18.7 Å². The van der Waals surface area contributed by atoms with Crippen molar-refractivity contribution in [3.05, 3.63) is 28.8 Å². The van der Waals surface area contributed by atoms with Gasteiger partial charge in [0.1, 0.15) is 5.75 Å². The highest BCUT2D eigenvalue weighted by Gasteiger charge is 2.35. The van der Waals surface area contributed by atoms with Gasteiger partial charge < -0.3 is 14.5 Å². The standard InChI is InChI=1S/C19H29ClN4O4S/c1-15-14-17(20)4-5-18(15)28-16(2)19(25)22-8-12-24(13-9-22)29(26,27)23-10-6-21(3)7-11-23/h4-5,14,16H,6-13H2,1-3H3. The Labute approximate surface area is 178 Å². The molecule has 10 heteroatoms. The van der Waals surface area contributed by atoms with Gasteiger partial charge in [-0.25, -0.2) is 0 Å². The Bertz CT molecular complexity index is 835. The Morgan fingerprint density at radius 1 is 1.03 bits per heavy atom. The second kappa shape index (κ2) is 9.18. The smallest absolute Gasteiger partial charge is 0.282 e. The number of hydrogen-bond donors (Lipinski definition) is 0. The molecule has 1 amide bonds. The summed E-state index contributed by atoms with van der Waals surface area (Å²) in [5.74, 6) is 0.475. The van der Waals surface area contributed by atoms with Gasteiger partial charge in [0.2, 0.25) is 0 Å². The fourth-order valence-electron chi connectivity index (χ4n) is 3.56. The molecule has 162 valence electrons. The number of carbonyl (C=O) groups is 1. The van der Waals surface area contributed by atoms with Crippen molar-refractivity contribution in [2.24, 2.45) is 0 Å². The topological polar surface area (TPSA) is 73.4 Å². The molecule has 2 aliphatic heterocycles. The molecule has 0 aromatic heterocycles. The predicted octanol–water partition coefficient (Wildman–Crippen LogP) is 1.05. The molecule has 0 spiro atoms. The van der Waals surface area contributed by atoms with Crippen molar-refractivity contribution in [2.45, 2.75) is 20.0 Å². The van der Waals surface area contributed by atoms with E-state index in [-0.39, 0.29) is 5.91 Å². The lowest BCUT2D eigenvalue weighted by Gasteiger charge is -2.39. The van der Waals surface area contributed by atoms with E-state index in [9.17, 15) is 13.2 Å². The van der Waals surface area contributed by atoms with Crippen molar-refractivity contribution in [2.75, 3.05) is 59.4 Å². The maximum absolute atomic E-state index is 12.9. The molecular formula is C19H29ClN4O4S. The van der Waals surface area contributed by atoms with Crippen molar-refractivity contribution in [3.63, 3.8) is 0 Å². The fraction of sp³-hybridized carbons (Fsp3) is 0.632. The van der Waals surface area contributed by atoms with E-state index in [1.165, 1.54) is 4.31 Å². The van der Waals surface area contributed by atoms with Crippen molar-refractivity contribution in [3.8, 4) is 5.75 Å². The molecule has 3 rings (SSSR count). The van der Waals surface area contributed by atoms with Crippen LogP contribution in [0.1, 0.15) is 12.5 Å². The summed E-state index contributed by atoms with van der Waals surface area (Å²) in [4.78, 5) is 16.6. The Hall–Kier alpha value is -1.39. The first-order valence-corrected chi connectivity index (χ1v) is 11.6. The zero-order chi connectivity index (χ0) is 21.2. The highest BCUT2D eigenvalue weighted by atomic mass is 35.5. The highest BCUT2D eigenvalue weighted by molar-refractivity contribution is 7.86. The normalized spacial score (nSPS) is 21.2. The molecule has 2 saturated heterocycles. The molecule has 1 aromatic carbocycles. The third kappa shape index (κ3) is 5.21. The number of hydrogen-bond acceptors (Lipinski definition) is 5. The molecule has 1 aromatic rings. The summed E-state index contributed by atoms with van der Waals surface area (Å²) in [5.41, 5.74) is 0.861. The molecule has 29 heavy (non-hydrogen) atoms. The molecule has 8 nitrogen and oxygen atoms in total. The molecule has 0 N–H and O–H groups in total. The second-order valence-corrected chi connectivity index (χ2v) is 9.97. The molecule has 1 atom stereocenters. The zero-order valence-corrected chi connectivity index (χ0v) is 18.7. The van der Waals surface area contributed by atoms with Gasteiger partial charge in [-0.2, -0.15) is 17.0 Å². The van der Waals surface area contributed by atoms with Crippen LogP contribution in [0.4, 0.5) is 0 Å². The molecule has 2 heterocycles. The van der Waals surface area contributed by atoms with Gasteiger partial charge in [0.25, 0.3) is 16.1 Å². The highest BCUT2D eigenvalue weighted by Crippen LogP contribution is 2.23. The summed E-state index contributed by atoms with van der Waals surface area (Å²) in [6, 6.07) is 5.27. The Morgan fingerprint density at radius 3 is 2.14 bits per heavy atom. The third-order valence-electron chi connectivity index (χ3n) is 5.45. The predicted molar refractivity (Wildman–Crippen MR) is 112 cm³/mol. The van der Waals surface area contributed by atoms with Crippen LogP contribution in [0.25, 0.3) is 0 Å². The number of likely N-dealkylation sites (N-methyl/N-ethyl adjacent to an activating group) is 1. The van der Waals surface area contributed by atoms with Gasteiger partial charge in [-0.15, -0.1) is 0 Å². The number of ether oxygens (including phenoxy) is 1. The quantitative estimate of drug-likeness (QED) is 0.678. The lowest BCUT2D eigenvalue weighted by molar-refractivity contribution is -0.139. The number of carbonyl (C=O) groups excluding carboxylic acids is 1. The number of amides is 1. The van der Waals surface area contributed by atoms with Crippen LogP contribution < -0.4 is 4.74 Å².